The van der Waals surface area contributed by atoms with Gasteiger partial charge in [0, 0.05) is 6.42 Å². The Morgan fingerprint density at radius 3 is 2.28 bits per heavy atom. The van der Waals surface area contributed by atoms with Crippen molar-refractivity contribution in [3.05, 3.63) is 33.9 Å². The van der Waals surface area contributed by atoms with Crippen LogP contribution < -0.4 is 9.47 Å². The predicted molar refractivity (Wildman–Crippen MR) is 110 cm³/mol. The van der Waals surface area contributed by atoms with Crippen LogP contribution in [0, 0.1) is 0 Å². The highest BCUT2D eigenvalue weighted by Gasteiger charge is 2.33. The number of aliphatic hydroxyl groups is 1. The fraction of sp³-hybridized carbons (Fsp3) is 0.350. The van der Waals surface area contributed by atoms with Crippen molar-refractivity contribution in [3.63, 3.8) is 0 Å². The molecule has 1 aliphatic heterocycles. The molecular formula is C20H23NO7S. The highest BCUT2D eigenvalue weighted by molar-refractivity contribution is 8.18. The predicted octanol–water partition coefficient (Wildman–Crippen LogP) is 3.60. The molecule has 1 heterocycles. The van der Waals surface area contributed by atoms with E-state index in [0.717, 1.165) is 11.8 Å². The SMILES string of the molecule is CCCC(=O)N=C1S/C(=C\c2cc(OC)c(O)c(OC)c2)C(O)=C1C(=O)OCC. The summed E-state index contributed by atoms with van der Waals surface area (Å²) < 4.78 is 15.2. The molecule has 1 amide bonds. The molecule has 0 spiro atoms. The summed E-state index contributed by atoms with van der Waals surface area (Å²) in [5.74, 6) is -1.28. The van der Waals surface area contributed by atoms with Crippen LogP contribution in [0.15, 0.2) is 33.4 Å². The number of thioether (sulfide) groups is 1. The topological polar surface area (TPSA) is 115 Å². The quantitative estimate of drug-likeness (QED) is 0.642. The normalized spacial score (nSPS) is 16.4. The minimum Gasteiger partial charge on any atom is -0.506 e. The van der Waals surface area contributed by atoms with Crippen LogP contribution in [0.4, 0.5) is 0 Å². The number of rotatable bonds is 7. The van der Waals surface area contributed by atoms with Crippen molar-refractivity contribution in [2.24, 2.45) is 4.99 Å². The van der Waals surface area contributed by atoms with Gasteiger partial charge in [0.05, 0.1) is 25.7 Å². The molecule has 0 unspecified atom stereocenters. The first kappa shape index (κ1) is 22.4. The molecule has 0 bridgehead atoms. The van der Waals surface area contributed by atoms with Gasteiger partial charge in [0.25, 0.3) is 0 Å². The summed E-state index contributed by atoms with van der Waals surface area (Å²) in [6.45, 7) is 3.60. The van der Waals surface area contributed by atoms with Crippen molar-refractivity contribution in [3.8, 4) is 17.2 Å². The van der Waals surface area contributed by atoms with Crippen LogP contribution in [0.1, 0.15) is 32.3 Å². The molecule has 0 saturated carbocycles. The summed E-state index contributed by atoms with van der Waals surface area (Å²) in [4.78, 5) is 28.5. The van der Waals surface area contributed by atoms with Crippen molar-refractivity contribution in [2.45, 2.75) is 26.7 Å². The van der Waals surface area contributed by atoms with Gasteiger partial charge in [-0.2, -0.15) is 0 Å². The zero-order valence-corrected chi connectivity index (χ0v) is 17.5. The van der Waals surface area contributed by atoms with E-state index in [1.807, 2.05) is 6.92 Å². The fourth-order valence-corrected chi connectivity index (χ4v) is 3.55. The standard InChI is InChI=1S/C20H23NO7S/c1-5-7-15(22)21-19-16(20(25)28-6-2)18(24)14(29-19)10-11-8-12(26-3)17(23)13(9-11)27-4/h8-10,23-24H,5-7H2,1-4H3/b14-10-,21-19?. The number of nitrogens with zero attached hydrogens (tertiary/aromatic N) is 1. The molecule has 9 heteroatoms. The van der Waals surface area contributed by atoms with Crippen LogP contribution in [-0.4, -0.2) is 48.0 Å². The van der Waals surface area contributed by atoms with Gasteiger partial charge in [0.2, 0.25) is 11.7 Å². The van der Waals surface area contributed by atoms with Crippen LogP contribution in [0.2, 0.25) is 0 Å². The molecule has 156 valence electrons. The molecule has 0 radical (unpaired) electrons. The number of aromatic hydroxyl groups is 1. The number of phenolic OH excluding ortho intramolecular Hbond substituents is 1. The maximum atomic E-state index is 12.3. The van der Waals surface area contributed by atoms with Gasteiger partial charge >= 0.3 is 5.97 Å². The lowest BCUT2D eigenvalue weighted by Crippen LogP contribution is -2.14. The molecular weight excluding hydrogens is 398 g/mol. The Kier molecular flexibility index (Phi) is 7.72. The zero-order valence-electron chi connectivity index (χ0n) is 16.6. The van der Waals surface area contributed by atoms with Gasteiger partial charge in [-0.1, -0.05) is 18.7 Å². The summed E-state index contributed by atoms with van der Waals surface area (Å²) >= 11 is 0.982. The molecule has 1 aliphatic rings. The maximum Gasteiger partial charge on any atom is 0.344 e. The molecule has 0 saturated heterocycles. The number of carbonyl (C=O) groups is 2. The van der Waals surface area contributed by atoms with Crippen LogP contribution in [0.3, 0.4) is 0 Å². The molecule has 8 nitrogen and oxygen atoms in total. The van der Waals surface area contributed by atoms with Crippen LogP contribution >= 0.6 is 11.8 Å². The molecule has 29 heavy (non-hydrogen) atoms. The summed E-state index contributed by atoms with van der Waals surface area (Å²) in [5, 5.41) is 20.7. The Morgan fingerprint density at radius 1 is 1.14 bits per heavy atom. The number of hydrogen-bond acceptors (Lipinski definition) is 8. The first-order chi connectivity index (χ1) is 13.9. The maximum absolute atomic E-state index is 12.3. The van der Waals surface area contributed by atoms with Gasteiger partial charge in [0.15, 0.2) is 11.5 Å². The third-order valence-electron chi connectivity index (χ3n) is 3.86. The van der Waals surface area contributed by atoms with Crippen molar-refractivity contribution in [2.75, 3.05) is 20.8 Å². The van der Waals surface area contributed by atoms with E-state index >= 15 is 0 Å². The lowest BCUT2D eigenvalue weighted by Gasteiger charge is -2.10. The van der Waals surface area contributed by atoms with Gasteiger partial charge in [-0.3, -0.25) is 4.79 Å². The number of hydrogen-bond donors (Lipinski definition) is 2. The Balaban J connectivity index is 2.53. The van der Waals surface area contributed by atoms with Crippen LogP contribution in [0.5, 0.6) is 17.2 Å². The van der Waals surface area contributed by atoms with Gasteiger partial charge in [-0.25, -0.2) is 9.79 Å². The second-order valence-electron chi connectivity index (χ2n) is 5.89. The number of aliphatic hydroxyl groups excluding tert-OH is 1. The number of aliphatic imine (C=N–C) groups is 1. The smallest absolute Gasteiger partial charge is 0.344 e. The van der Waals surface area contributed by atoms with E-state index in [-0.39, 0.29) is 52.6 Å². The number of esters is 1. The Morgan fingerprint density at radius 2 is 1.76 bits per heavy atom. The molecule has 0 atom stereocenters. The van der Waals surface area contributed by atoms with E-state index in [9.17, 15) is 19.8 Å². The van der Waals surface area contributed by atoms with Crippen molar-refractivity contribution in [1.82, 2.24) is 0 Å². The lowest BCUT2D eigenvalue weighted by atomic mass is 10.1. The highest BCUT2D eigenvalue weighted by Crippen LogP contribution is 2.42. The van der Waals surface area contributed by atoms with Gasteiger partial charge in [0.1, 0.15) is 16.4 Å². The van der Waals surface area contributed by atoms with Crippen LogP contribution in [-0.2, 0) is 14.3 Å². The number of amides is 1. The zero-order chi connectivity index (χ0) is 21.6. The van der Waals surface area contributed by atoms with Crippen molar-refractivity contribution >= 4 is 34.8 Å². The number of methoxy groups -OCH3 is 2. The summed E-state index contributed by atoms with van der Waals surface area (Å²) in [6, 6.07) is 3.08. The first-order valence-corrected chi connectivity index (χ1v) is 9.74. The lowest BCUT2D eigenvalue weighted by molar-refractivity contribution is -0.138. The number of ether oxygens (including phenoxy) is 3. The Hall–Kier alpha value is -2.94. The average molecular weight is 421 g/mol. The summed E-state index contributed by atoms with van der Waals surface area (Å²) in [6.07, 6.45) is 2.41. The monoisotopic (exact) mass is 421 g/mol. The molecule has 1 aromatic carbocycles. The third kappa shape index (κ3) is 5.11. The minimum absolute atomic E-state index is 0.0864. The second-order valence-corrected chi connectivity index (χ2v) is 6.92. The van der Waals surface area contributed by atoms with E-state index in [1.54, 1.807) is 25.1 Å². The van der Waals surface area contributed by atoms with Gasteiger partial charge < -0.3 is 24.4 Å². The molecule has 2 N–H and O–H groups in total. The summed E-state index contributed by atoms with van der Waals surface area (Å²) in [7, 11) is 2.80. The average Bonchev–Trinajstić information content (AvgIpc) is 2.98. The summed E-state index contributed by atoms with van der Waals surface area (Å²) in [5.41, 5.74) is 0.389. The largest absolute Gasteiger partial charge is 0.506 e. The molecule has 0 fully saturated rings. The van der Waals surface area contributed by atoms with E-state index in [4.69, 9.17) is 14.2 Å². The molecule has 0 aliphatic carbocycles. The Bertz CT molecular complexity index is 877. The second kappa shape index (κ2) is 10.0. The van der Waals surface area contributed by atoms with Crippen molar-refractivity contribution < 1.29 is 34.0 Å². The van der Waals surface area contributed by atoms with E-state index in [0.29, 0.717) is 16.9 Å². The minimum atomic E-state index is -0.759. The third-order valence-corrected chi connectivity index (χ3v) is 4.88. The van der Waals surface area contributed by atoms with Gasteiger partial charge in [-0.15, -0.1) is 0 Å². The molecule has 2 rings (SSSR count). The van der Waals surface area contributed by atoms with E-state index < -0.39 is 5.97 Å². The number of phenols is 1. The Labute approximate surface area is 172 Å². The van der Waals surface area contributed by atoms with E-state index in [1.165, 1.54) is 14.2 Å². The highest BCUT2D eigenvalue weighted by atomic mass is 32.2. The first-order valence-electron chi connectivity index (χ1n) is 8.93. The van der Waals surface area contributed by atoms with Crippen molar-refractivity contribution in [1.29, 1.82) is 0 Å². The van der Waals surface area contributed by atoms with Gasteiger partial charge in [-0.05, 0) is 37.1 Å². The number of carbonyl (C=O) groups excluding carboxylic acids is 2. The fourth-order valence-electron chi connectivity index (χ4n) is 2.52. The van der Waals surface area contributed by atoms with E-state index in [2.05, 4.69) is 4.99 Å². The number of benzene rings is 1. The van der Waals surface area contributed by atoms with Crippen LogP contribution in [0.25, 0.3) is 6.08 Å². The molecule has 1 aromatic rings. The molecule has 0 aromatic heterocycles.